The van der Waals surface area contributed by atoms with Gasteiger partial charge in [-0.2, -0.15) is 0 Å². The van der Waals surface area contributed by atoms with Crippen LogP contribution in [0.4, 0.5) is 41.7 Å². The number of thiazole rings is 3. The van der Waals surface area contributed by atoms with E-state index in [1.54, 1.807) is 25.1 Å². The van der Waals surface area contributed by atoms with Gasteiger partial charge in [0, 0.05) is 19.0 Å². The Morgan fingerprint density at radius 3 is 1.32 bits per heavy atom. The highest BCUT2D eigenvalue weighted by atomic mass is 79.9. The van der Waals surface area contributed by atoms with Crippen molar-refractivity contribution < 1.29 is 69.7 Å². The highest BCUT2D eigenvalue weighted by Crippen LogP contribution is 2.41. The number of cyclic esters (lactones) is 1. The van der Waals surface area contributed by atoms with Gasteiger partial charge >= 0.3 is 17.9 Å². The topological polar surface area (TPSA) is 216 Å². The summed E-state index contributed by atoms with van der Waals surface area (Å²) < 4.78 is 95.1. The monoisotopic (exact) mass is 1370 g/mol. The van der Waals surface area contributed by atoms with E-state index in [9.17, 15) is 60.2 Å². The molecule has 3 amide bonds. The molecule has 82 heavy (non-hydrogen) atoms. The molecule has 27 heteroatoms. The summed E-state index contributed by atoms with van der Waals surface area (Å²) >= 11 is 13.0. The van der Waals surface area contributed by atoms with E-state index < -0.39 is 87.2 Å². The van der Waals surface area contributed by atoms with E-state index in [-0.39, 0.29) is 39.1 Å². The number of esters is 2. The average Bonchev–Trinajstić information content (AvgIpc) is 4.36. The third-order valence-electron chi connectivity index (χ3n) is 11.5. The van der Waals surface area contributed by atoms with Crippen LogP contribution < -0.4 is 16.0 Å². The lowest BCUT2D eigenvalue weighted by Crippen LogP contribution is -2.16. The summed E-state index contributed by atoms with van der Waals surface area (Å²) in [6.07, 6.45) is 0. The lowest BCUT2D eigenvalue weighted by Gasteiger charge is -2.06. The van der Waals surface area contributed by atoms with Crippen LogP contribution in [0.15, 0.2) is 123 Å². The third-order valence-corrected chi connectivity index (χ3v) is 15.9. The molecule has 0 saturated heterocycles. The maximum absolute atomic E-state index is 13.8. The second-order valence-corrected chi connectivity index (χ2v) is 22.6. The number of nitrogens with one attached hydrogen (secondary N) is 3. The Morgan fingerprint density at radius 1 is 0.537 bits per heavy atom. The molecule has 3 aromatic heterocycles. The Hall–Kier alpha value is -7.95. The van der Waals surface area contributed by atoms with E-state index >= 15 is 0 Å². The molecule has 0 unspecified atom stereocenters. The number of aromatic carboxylic acids is 1. The van der Waals surface area contributed by atoms with Crippen LogP contribution in [0.5, 0.6) is 0 Å². The van der Waals surface area contributed by atoms with E-state index in [4.69, 9.17) is 9.47 Å². The van der Waals surface area contributed by atoms with Gasteiger partial charge in [-0.3, -0.25) is 30.3 Å². The van der Waals surface area contributed by atoms with Gasteiger partial charge in [0.2, 0.25) is 0 Å². The zero-order valence-electron chi connectivity index (χ0n) is 41.8. The van der Waals surface area contributed by atoms with Gasteiger partial charge in [0.1, 0.15) is 58.2 Å². The summed E-state index contributed by atoms with van der Waals surface area (Å²) in [6, 6.07) is 25.6. The molecule has 418 valence electrons. The highest BCUT2D eigenvalue weighted by Gasteiger charge is 2.30. The Bertz CT molecular complexity index is 3930. The van der Waals surface area contributed by atoms with Gasteiger partial charge in [-0.25, -0.2) is 55.7 Å². The van der Waals surface area contributed by atoms with Crippen molar-refractivity contribution in [2.45, 2.75) is 20.5 Å². The zero-order valence-corrected chi connectivity index (χ0v) is 49.0. The van der Waals surface area contributed by atoms with Gasteiger partial charge in [0.15, 0.2) is 32.5 Å². The number of carboxylic acids is 1. The quantitative estimate of drug-likeness (QED) is 0.0743. The molecular weight excluding hydrogens is 1340 g/mol. The summed E-state index contributed by atoms with van der Waals surface area (Å²) in [5, 5.41) is 16.4. The minimum absolute atomic E-state index is 0.00185. The fourth-order valence-electron chi connectivity index (χ4n) is 7.59. The van der Waals surface area contributed by atoms with Crippen LogP contribution in [0.2, 0.25) is 0 Å². The van der Waals surface area contributed by atoms with Crippen LogP contribution in [0, 0.1) is 48.8 Å². The molecule has 0 spiro atoms. The van der Waals surface area contributed by atoms with E-state index in [1.807, 2.05) is 43.3 Å². The second kappa shape index (κ2) is 25.9. The average molecular weight is 1370 g/mol. The number of carbonyl (C=O) groups is 6. The normalized spacial score (nSPS) is 11.3. The minimum atomic E-state index is -1.28. The Balaban J connectivity index is 0.000000161. The molecule has 4 N–H and O–H groups in total. The maximum Gasteiger partial charge on any atom is 0.358 e. The second-order valence-electron chi connectivity index (χ2n) is 16.8. The Labute approximate surface area is 496 Å². The Kier molecular flexibility index (Phi) is 19.0. The highest BCUT2D eigenvalue weighted by molar-refractivity contribution is 9.11. The predicted octanol–water partition coefficient (Wildman–Crippen LogP) is 15.1. The van der Waals surface area contributed by atoms with Crippen molar-refractivity contribution in [1.82, 2.24) is 15.0 Å². The number of carboxylic acid groups (broad SMARTS) is 1. The molecule has 0 bridgehead atoms. The van der Waals surface area contributed by atoms with Gasteiger partial charge in [-0.1, -0.05) is 118 Å². The third kappa shape index (κ3) is 13.5. The van der Waals surface area contributed by atoms with Gasteiger partial charge in [0.25, 0.3) is 17.7 Å². The number of halogens is 9. The summed E-state index contributed by atoms with van der Waals surface area (Å²) in [7, 11) is 1.21. The molecule has 0 saturated carbocycles. The van der Waals surface area contributed by atoms with Gasteiger partial charge in [-0.05, 0) is 114 Å². The first-order valence-electron chi connectivity index (χ1n) is 23.1. The molecule has 0 aliphatic carbocycles. The number of methoxy groups -OCH3 is 1. The minimum Gasteiger partial charge on any atom is -0.476 e. The number of fused-ring (bicyclic) bond motifs is 3. The fourth-order valence-corrected chi connectivity index (χ4v) is 11.7. The Morgan fingerprint density at radius 2 is 0.902 bits per heavy atom. The molecular formula is C55H33Br3F6N6O9S3. The van der Waals surface area contributed by atoms with Crippen molar-refractivity contribution in [3.63, 3.8) is 0 Å². The number of hydrogen-bond donors (Lipinski definition) is 4. The van der Waals surface area contributed by atoms with Crippen molar-refractivity contribution in [1.29, 1.82) is 0 Å². The van der Waals surface area contributed by atoms with Crippen molar-refractivity contribution in [3.8, 4) is 31.3 Å². The first kappa shape index (κ1) is 60.2. The summed E-state index contributed by atoms with van der Waals surface area (Å²) in [5.74, 6) is -11.7. The van der Waals surface area contributed by atoms with Crippen LogP contribution in [0.3, 0.4) is 0 Å². The molecule has 0 atom stereocenters. The number of ether oxygens (including phenoxy) is 2. The first-order valence-corrected chi connectivity index (χ1v) is 27.9. The predicted molar refractivity (Wildman–Crippen MR) is 306 cm³/mol. The largest absolute Gasteiger partial charge is 0.476 e. The number of benzene rings is 6. The molecule has 9 aromatic rings. The van der Waals surface area contributed by atoms with Crippen molar-refractivity contribution in [2.24, 2.45) is 0 Å². The number of aryl methyl sites for hydroxylation is 2. The van der Waals surface area contributed by atoms with Gasteiger partial charge in [0.05, 0.1) is 21.7 Å². The van der Waals surface area contributed by atoms with Crippen molar-refractivity contribution >= 4 is 133 Å². The number of rotatable bonds is 10. The fraction of sp³-hybridized carbons (Fsp3) is 0.0727. The smallest absolute Gasteiger partial charge is 0.358 e. The maximum atomic E-state index is 13.8. The van der Waals surface area contributed by atoms with Crippen LogP contribution in [0.1, 0.15) is 79.2 Å². The summed E-state index contributed by atoms with van der Waals surface area (Å²) in [4.78, 5) is 86.2. The molecule has 0 radical (unpaired) electrons. The number of aromatic nitrogens is 3. The van der Waals surface area contributed by atoms with Crippen LogP contribution >= 0.6 is 81.8 Å². The number of amides is 3. The first-order chi connectivity index (χ1) is 39.0. The number of nitrogens with zero attached hydrogens (tertiary/aromatic N) is 3. The molecule has 0 fully saturated rings. The molecule has 1 aliphatic rings. The van der Waals surface area contributed by atoms with E-state index in [0.29, 0.717) is 25.8 Å². The zero-order chi connectivity index (χ0) is 59.3. The van der Waals surface area contributed by atoms with Gasteiger partial charge in [-0.15, -0.1) is 0 Å². The van der Waals surface area contributed by atoms with Crippen LogP contribution in [-0.2, 0) is 16.1 Å². The molecule has 1 aliphatic heterocycles. The van der Waals surface area contributed by atoms with Crippen molar-refractivity contribution in [2.75, 3.05) is 23.1 Å². The molecule has 10 rings (SSSR count). The van der Waals surface area contributed by atoms with Crippen molar-refractivity contribution in [3.05, 3.63) is 208 Å². The van der Waals surface area contributed by atoms with Crippen LogP contribution in [0.25, 0.3) is 31.3 Å². The number of anilines is 3. The number of carbonyl (C=O) groups excluding carboxylic acids is 5. The molecule has 4 heterocycles. The molecule has 6 aromatic carbocycles. The molecule has 15 nitrogen and oxygen atoms in total. The summed E-state index contributed by atoms with van der Waals surface area (Å²) in [5.41, 5.74) is 2.12. The van der Waals surface area contributed by atoms with Crippen LogP contribution in [-0.4, -0.2) is 62.8 Å². The SMILES string of the molecule is COC(=O)c1nc(NC(=O)c2c(F)cccc2F)sc1-c1cc(Br)ccc1C.Cc1ccc(Br)cc1-c1sc(NC(=O)c2c(F)cccc2F)nc1C(=O)O.O=C1OCc2ccc(Br)cc2-c2sc(NC(=O)c3c(F)cccc3F)nc21. The number of hydrogen-bond acceptors (Lipinski definition) is 14. The van der Waals surface area contributed by atoms with E-state index in [0.717, 1.165) is 124 Å². The standard InChI is InChI=1S/C19H13BrF2N2O3S.C18H9BrF2N2O3S.C18H11BrF2N2O3S/c1-9-6-7-10(20)8-11(9)16-15(18(26)27-2)23-19(28-16)24-17(25)14-12(21)4-3-5-13(14)22;19-9-5-4-8-7-26-17(25)14-15(10(8)6-9)27-18(22-14)23-16(24)13-11(20)2-1-3-12(13)21;1-8-5-6-9(19)7-10(8)15-14(17(25)26)22-18(27-15)23-16(24)13-11(20)3-2-4-12(13)21/h3-8H,1-2H3,(H,23,24,25);1-6H,7H2,(H,22,23,24);2-7H,1H3,(H,25,26)(H,22,23,24). The van der Waals surface area contributed by atoms with E-state index in [1.165, 1.54) is 7.11 Å². The lowest BCUT2D eigenvalue weighted by atomic mass is 10.1. The lowest BCUT2D eigenvalue weighted by molar-refractivity contribution is 0.0471. The van der Waals surface area contributed by atoms with Gasteiger partial charge < -0.3 is 14.6 Å². The van der Waals surface area contributed by atoms with E-state index in [2.05, 4.69) is 78.7 Å². The summed E-state index contributed by atoms with van der Waals surface area (Å²) in [6.45, 7) is 3.77.